The molecule has 4 aromatic heterocycles. The molecule has 5 nitrogen and oxygen atoms in total. The van der Waals surface area contributed by atoms with Crippen LogP contribution in [0.15, 0.2) is 212 Å². The molecule has 12 rings (SSSR count). The molecule has 0 spiro atoms. The minimum absolute atomic E-state index is 0.0366. The fourth-order valence-electron chi connectivity index (χ4n) is 9.71. The average molecular weight is 854 g/mol. The van der Waals surface area contributed by atoms with Gasteiger partial charge in [-0.2, -0.15) is 5.26 Å². The Morgan fingerprint density at radius 2 is 0.939 bits per heavy atom. The zero-order chi connectivity index (χ0) is 44.3. The molecule has 0 radical (unpaired) electrons. The van der Waals surface area contributed by atoms with Gasteiger partial charge in [-0.1, -0.05) is 133 Å². The second kappa shape index (κ2) is 15.8. The van der Waals surface area contributed by atoms with Crippen LogP contribution in [0.1, 0.15) is 17.5 Å². The number of fused-ring (bicyclic) bond motifs is 6. The molecular formula is C59H37F2N5. The highest BCUT2D eigenvalue weighted by molar-refractivity contribution is 6.12. The second-order valence-electron chi connectivity index (χ2n) is 16.7. The van der Waals surface area contributed by atoms with Gasteiger partial charge in [-0.05, 0) is 78.4 Å². The molecule has 1 unspecified atom stereocenters. The summed E-state index contributed by atoms with van der Waals surface area (Å²) < 4.78 is 35.3. The van der Waals surface area contributed by atoms with Gasteiger partial charge in [0.15, 0.2) is 0 Å². The molecule has 1 aliphatic rings. The Balaban J connectivity index is 1.11. The highest BCUT2D eigenvalue weighted by Crippen LogP contribution is 2.43. The minimum Gasteiger partial charge on any atom is -0.309 e. The largest absolute Gasteiger partial charge is 0.309 e. The molecule has 0 fully saturated rings. The van der Waals surface area contributed by atoms with Gasteiger partial charge in [0.25, 0.3) is 0 Å². The van der Waals surface area contributed by atoms with Crippen LogP contribution in [0.5, 0.6) is 0 Å². The lowest BCUT2D eigenvalue weighted by Crippen LogP contribution is -2.09. The van der Waals surface area contributed by atoms with Crippen molar-refractivity contribution in [3.8, 4) is 62.5 Å². The van der Waals surface area contributed by atoms with E-state index in [1.807, 2.05) is 140 Å². The summed E-state index contributed by atoms with van der Waals surface area (Å²) in [5, 5.41) is 15.3. The van der Waals surface area contributed by atoms with E-state index in [0.29, 0.717) is 28.1 Å². The molecule has 4 heterocycles. The molecule has 0 bridgehead atoms. The van der Waals surface area contributed by atoms with Crippen molar-refractivity contribution in [3.05, 3.63) is 223 Å². The number of allylic oxidation sites excluding steroid dienone is 4. The van der Waals surface area contributed by atoms with Crippen molar-refractivity contribution in [2.24, 2.45) is 0 Å². The molecule has 1 aliphatic carbocycles. The summed E-state index contributed by atoms with van der Waals surface area (Å²) in [5.41, 5.74) is 13.5. The van der Waals surface area contributed by atoms with E-state index in [4.69, 9.17) is 9.97 Å². The quantitative estimate of drug-likeness (QED) is 0.160. The molecule has 7 heteroatoms. The van der Waals surface area contributed by atoms with Crippen LogP contribution in [0, 0.1) is 11.3 Å². The zero-order valence-corrected chi connectivity index (χ0v) is 35.4. The highest BCUT2D eigenvalue weighted by atomic mass is 19.1. The van der Waals surface area contributed by atoms with Gasteiger partial charge >= 0.3 is 0 Å². The number of hydrogen-bond donors (Lipinski definition) is 0. The maximum Gasteiger partial charge on any atom is 0.125 e. The molecule has 66 heavy (non-hydrogen) atoms. The van der Waals surface area contributed by atoms with E-state index >= 15 is 8.78 Å². The standard InChI is InChI=1S/C59H37F2N5/c60-43-29-41(30-44(61)34-43)49-35-56(65-54-23-9-7-17-45(54)47-27-25-39(31-57(47)65)52-21-11-19-50(63-52)37-13-3-1-4-14-37)42(36-62)33-59(49)66-55-24-10-8-18-46(55)48-28-26-40(32-58(48)66)53-22-12-20-51(64-53)38-15-5-2-6-16-38/h1-29,31-35,44H,30H2. The normalized spacial score (nSPS) is 13.9. The summed E-state index contributed by atoms with van der Waals surface area (Å²) in [4.78, 5) is 10.2. The Kier molecular flexibility index (Phi) is 9.32. The van der Waals surface area contributed by atoms with Crippen LogP contribution in [0.2, 0.25) is 0 Å². The van der Waals surface area contributed by atoms with Crippen LogP contribution >= 0.6 is 0 Å². The summed E-state index contributed by atoms with van der Waals surface area (Å²) in [6.07, 6.45) is 0.884. The summed E-state index contributed by atoms with van der Waals surface area (Å²) >= 11 is 0. The van der Waals surface area contributed by atoms with E-state index < -0.39 is 12.0 Å². The Labute approximate surface area is 379 Å². The Morgan fingerprint density at radius 1 is 0.470 bits per heavy atom. The van der Waals surface area contributed by atoms with E-state index in [9.17, 15) is 5.26 Å². The number of halogens is 2. The van der Waals surface area contributed by atoms with Gasteiger partial charge in [-0.25, -0.2) is 18.7 Å². The minimum atomic E-state index is -1.53. The Bertz CT molecular complexity index is 3840. The molecule has 0 aliphatic heterocycles. The fraction of sp³-hybridized carbons (Fsp3) is 0.0339. The molecular weight excluding hydrogens is 817 g/mol. The number of pyridine rings is 2. The monoisotopic (exact) mass is 853 g/mol. The van der Waals surface area contributed by atoms with Crippen LogP contribution < -0.4 is 0 Å². The van der Waals surface area contributed by atoms with E-state index in [0.717, 1.165) is 94.7 Å². The summed E-state index contributed by atoms with van der Waals surface area (Å²) in [5.74, 6) is -0.638. The fourth-order valence-corrected chi connectivity index (χ4v) is 9.71. The third-order valence-corrected chi connectivity index (χ3v) is 12.7. The average Bonchev–Trinajstić information content (AvgIpc) is 3.88. The lowest BCUT2D eigenvalue weighted by Gasteiger charge is -2.22. The first-order valence-corrected chi connectivity index (χ1v) is 21.9. The van der Waals surface area contributed by atoms with Crippen LogP contribution in [-0.4, -0.2) is 25.3 Å². The molecule has 312 valence electrons. The molecule has 0 saturated carbocycles. The van der Waals surface area contributed by atoms with Gasteiger partial charge in [0.05, 0.1) is 61.8 Å². The van der Waals surface area contributed by atoms with Crippen LogP contribution in [0.25, 0.3) is 106 Å². The predicted octanol–water partition coefficient (Wildman–Crippen LogP) is 15.2. The van der Waals surface area contributed by atoms with Crippen molar-refractivity contribution >= 4 is 49.2 Å². The zero-order valence-electron chi connectivity index (χ0n) is 35.4. The van der Waals surface area contributed by atoms with E-state index in [2.05, 4.69) is 69.8 Å². The van der Waals surface area contributed by atoms with Gasteiger partial charge in [-0.15, -0.1) is 0 Å². The molecule has 11 aromatic rings. The molecule has 7 aromatic carbocycles. The number of aromatic nitrogens is 4. The first-order chi connectivity index (χ1) is 32.5. The van der Waals surface area contributed by atoms with Crippen molar-refractivity contribution in [2.45, 2.75) is 12.6 Å². The van der Waals surface area contributed by atoms with Gasteiger partial charge < -0.3 is 9.13 Å². The van der Waals surface area contributed by atoms with Crippen molar-refractivity contribution in [2.75, 3.05) is 0 Å². The van der Waals surface area contributed by atoms with E-state index in [-0.39, 0.29) is 6.42 Å². The van der Waals surface area contributed by atoms with Crippen LogP contribution in [0.3, 0.4) is 0 Å². The van der Waals surface area contributed by atoms with Crippen LogP contribution in [0.4, 0.5) is 8.78 Å². The molecule has 0 amide bonds. The van der Waals surface area contributed by atoms with Crippen molar-refractivity contribution in [1.82, 2.24) is 19.1 Å². The van der Waals surface area contributed by atoms with Crippen molar-refractivity contribution in [3.63, 3.8) is 0 Å². The number of nitriles is 1. The number of rotatable bonds is 7. The molecule has 0 saturated heterocycles. The van der Waals surface area contributed by atoms with Crippen LogP contribution in [-0.2, 0) is 0 Å². The smallest absolute Gasteiger partial charge is 0.125 e. The molecule has 0 N–H and O–H groups in total. The highest BCUT2D eigenvalue weighted by Gasteiger charge is 2.26. The second-order valence-corrected chi connectivity index (χ2v) is 16.7. The Hall–Kier alpha value is -8.73. The lowest BCUT2D eigenvalue weighted by molar-refractivity contribution is 0.397. The number of alkyl halides is 1. The maximum atomic E-state index is 15.6. The third kappa shape index (κ3) is 6.58. The van der Waals surface area contributed by atoms with E-state index in [1.54, 1.807) is 0 Å². The topological polar surface area (TPSA) is 59.4 Å². The number of hydrogen-bond acceptors (Lipinski definition) is 3. The van der Waals surface area contributed by atoms with Gasteiger partial charge in [0, 0.05) is 55.8 Å². The maximum absolute atomic E-state index is 15.6. The number of nitrogens with zero attached hydrogens (tertiary/aromatic N) is 5. The third-order valence-electron chi connectivity index (χ3n) is 12.7. The van der Waals surface area contributed by atoms with E-state index in [1.165, 1.54) is 6.08 Å². The van der Waals surface area contributed by atoms with Crippen molar-refractivity contribution in [1.29, 1.82) is 5.26 Å². The Morgan fingerprint density at radius 3 is 1.45 bits per heavy atom. The number of benzene rings is 7. The molecule has 1 atom stereocenters. The summed E-state index contributed by atoms with van der Waals surface area (Å²) in [6.45, 7) is 0. The first-order valence-electron chi connectivity index (χ1n) is 21.9. The SMILES string of the molecule is N#Cc1cc(-n2c3ccccc3c3ccc(-c4cccc(-c5ccccc5)n4)cc32)c(C2=CC(F)=CC(F)C2)cc1-n1c2ccccc2c2ccc(-c3cccc(-c4ccccc4)n3)cc21. The predicted molar refractivity (Wildman–Crippen MR) is 264 cm³/mol. The van der Waals surface area contributed by atoms with Gasteiger partial charge in [-0.3, -0.25) is 0 Å². The summed E-state index contributed by atoms with van der Waals surface area (Å²) in [7, 11) is 0. The van der Waals surface area contributed by atoms with Gasteiger partial charge in [0.2, 0.25) is 0 Å². The summed E-state index contributed by atoms with van der Waals surface area (Å²) in [6, 6.07) is 67.5. The first kappa shape index (κ1) is 38.9. The number of para-hydroxylation sites is 2. The van der Waals surface area contributed by atoms with Crippen molar-refractivity contribution < 1.29 is 8.78 Å². The lowest BCUT2D eigenvalue weighted by atomic mass is 9.92. The van der Waals surface area contributed by atoms with Gasteiger partial charge in [0.1, 0.15) is 18.1 Å².